The Hall–Kier alpha value is -2.59. The van der Waals surface area contributed by atoms with E-state index in [0.717, 1.165) is 12.8 Å². The van der Waals surface area contributed by atoms with Crippen molar-refractivity contribution in [2.24, 2.45) is 0 Å². The molecule has 3 heterocycles. The second-order valence-electron chi connectivity index (χ2n) is 7.88. The molecule has 1 aromatic carbocycles. The number of nitrogens with one attached hydrogen (secondary N) is 1. The first-order valence-corrected chi connectivity index (χ1v) is 12.1. The van der Waals surface area contributed by atoms with Gasteiger partial charge < -0.3 is 9.88 Å². The van der Waals surface area contributed by atoms with Crippen LogP contribution in [-0.4, -0.2) is 52.3 Å². The van der Waals surface area contributed by atoms with Gasteiger partial charge in [-0.2, -0.15) is 4.31 Å². The minimum absolute atomic E-state index is 0.0129. The van der Waals surface area contributed by atoms with E-state index in [1.807, 2.05) is 0 Å². The van der Waals surface area contributed by atoms with Gasteiger partial charge in [0.25, 0.3) is 11.5 Å². The van der Waals surface area contributed by atoms with Crippen LogP contribution < -0.4 is 5.56 Å². The van der Waals surface area contributed by atoms with Crippen molar-refractivity contribution in [3.8, 4) is 0 Å². The molecule has 31 heavy (non-hydrogen) atoms. The maximum Gasteiger partial charge on any atom is 0.254 e. The zero-order valence-corrected chi connectivity index (χ0v) is 18.1. The van der Waals surface area contributed by atoms with E-state index in [9.17, 15) is 22.4 Å². The second kappa shape index (κ2) is 8.51. The standard InChI is InChI=1S/C21H25FN4O4S/c1-2-31(29,30)25-12-10-16-17(13-25)23-19(24-20(16)27)18-5-3-4-11-26(18)21(28)14-6-8-15(22)9-7-14/h6-9,18H,2-5,10-13H2,1H3,(H,23,24,27)/t18-/m0/s1. The Labute approximate surface area is 180 Å². The lowest BCUT2D eigenvalue weighted by molar-refractivity contribution is 0.0598. The highest BCUT2D eigenvalue weighted by Gasteiger charge is 2.33. The number of carbonyl (C=O) groups is 1. The lowest BCUT2D eigenvalue weighted by atomic mass is 9.99. The van der Waals surface area contributed by atoms with Gasteiger partial charge in [0.1, 0.15) is 11.6 Å². The molecule has 0 aliphatic carbocycles. The molecule has 2 aliphatic heterocycles. The number of hydrogen-bond acceptors (Lipinski definition) is 5. The molecule has 166 valence electrons. The number of H-pyrrole nitrogens is 1. The summed E-state index contributed by atoms with van der Waals surface area (Å²) in [5.74, 6) is -0.310. The lowest BCUT2D eigenvalue weighted by Crippen LogP contribution is -2.42. The van der Waals surface area contributed by atoms with Crippen LogP contribution in [0.5, 0.6) is 0 Å². The number of carbonyl (C=O) groups excluding carboxylic acids is 1. The topological polar surface area (TPSA) is 103 Å². The van der Waals surface area contributed by atoms with Gasteiger partial charge in [0, 0.05) is 24.2 Å². The molecule has 1 amide bonds. The Balaban J connectivity index is 1.67. The number of benzene rings is 1. The van der Waals surface area contributed by atoms with E-state index >= 15 is 0 Å². The fourth-order valence-electron chi connectivity index (χ4n) is 4.23. The number of sulfonamides is 1. The molecule has 2 aliphatic rings. The van der Waals surface area contributed by atoms with Crippen LogP contribution in [0.1, 0.15) is 59.7 Å². The predicted molar refractivity (Wildman–Crippen MR) is 112 cm³/mol. The van der Waals surface area contributed by atoms with Crippen LogP contribution in [0.4, 0.5) is 4.39 Å². The molecule has 4 rings (SSSR count). The van der Waals surface area contributed by atoms with Crippen molar-refractivity contribution in [1.82, 2.24) is 19.2 Å². The molecule has 0 spiro atoms. The molecule has 1 atom stereocenters. The highest BCUT2D eigenvalue weighted by atomic mass is 32.2. The Morgan fingerprint density at radius 3 is 2.68 bits per heavy atom. The molecule has 1 fully saturated rings. The summed E-state index contributed by atoms with van der Waals surface area (Å²) in [5.41, 5.74) is 1.03. The van der Waals surface area contributed by atoms with Gasteiger partial charge >= 0.3 is 0 Å². The highest BCUT2D eigenvalue weighted by molar-refractivity contribution is 7.89. The molecule has 0 unspecified atom stereocenters. The molecule has 8 nitrogen and oxygen atoms in total. The van der Waals surface area contributed by atoms with Crippen molar-refractivity contribution in [2.75, 3.05) is 18.8 Å². The van der Waals surface area contributed by atoms with Crippen LogP contribution in [0, 0.1) is 5.82 Å². The summed E-state index contributed by atoms with van der Waals surface area (Å²) in [5, 5.41) is 0. The van der Waals surface area contributed by atoms with Crippen molar-refractivity contribution < 1.29 is 17.6 Å². The number of likely N-dealkylation sites (tertiary alicyclic amines) is 1. The van der Waals surface area contributed by atoms with E-state index in [0.29, 0.717) is 42.0 Å². The smallest absolute Gasteiger partial charge is 0.254 e. The van der Waals surface area contributed by atoms with E-state index in [1.54, 1.807) is 11.8 Å². The Morgan fingerprint density at radius 1 is 1.23 bits per heavy atom. The van der Waals surface area contributed by atoms with Gasteiger partial charge in [0.15, 0.2) is 0 Å². The Kier molecular flexibility index (Phi) is 5.94. The van der Waals surface area contributed by atoms with Crippen molar-refractivity contribution in [1.29, 1.82) is 0 Å². The molecular formula is C21H25FN4O4S. The van der Waals surface area contributed by atoms with Crippen LogP contribution in [-0.2, 0) is 23.0 Å². The quantitative estimate of drug-likeness (QED) is 0.770. The SMILES string of the molecule is CCS(=O)(=O)N1CCc2c(nc([C@@H]3CCCCN3C(=O)c3ccc(F)cc3)[nH]c2=O)C1. The van der Waals surface area contributed by atoms with Crippen LogP contribution in [0.15, 0.2) is 29.1 Å². The van der Waals surface area contributed by atoms with Gasteiger partial charge in [-0.3, -0.25) is 9.59 Å². The highest BCUT2D eigenvalue weighted by Crippen LogP contribution is 2.31. The van der Waals surface area contributed by atoms with Gasteiger partial charge in [0.05, 0.1) is 24.0 Å². The molecule has 0 bridgehead atoms. The Bertz CT molecular complexity index is 1150. The number of piperidine rings is 1. The van der Waals surface area contributed by atoms with E-state index in [-0.39, 0.29) is 30.3 Å². The van der Waals surface area contributed by atoms with E-state index in [1.165, 1.54) is 28.6 Å². The zero-order chi connectivity index (χ0) is 22.2. The predicted octanol–water partition coefficient (Wildman–Crippen LogP) is 1.98. The molecular weight excluding hydrogens is 423 g/mol. The van der Waals surface area contributed by atoms with Gasteiger partial charge in [-0.25, -0.2) is 17.8 Å². The maximum absolute atomic E-state index is 13.3. The fourth-order valence-corrected chi connectivity index (χ4v) is 5.28. The maximum atomic E-state index is 13.3. The number of aromatic nitrogens is 2. The summed E-state index contributed by atoms with van der Waals surface area (Å²) in [6.45, 7) is 2.40. The monoisotopic (exact) mass is 448 g/mol. The first-order chi connectivity index (χ1) is 14.8. The molecule has 2 aromatic rings. The molecule has 0 radical (unpaired) electrons. The average Bonchev–Trinajstić information content (AvgIpc) is 2.78. The average molecular weight is 449 g/mol. The van der Waals surface area contributed by atoms with Crippen molar-refractivity contribution in [2.45, 2.75) is 45.2 Å². The third-order valence-corrected chi connectivity index (χ3v) is 7.81. The van der Waals surface area contributed by atoms with Crippen LogP contribution >= 0.6 is 0 Å². The second-order valence-corrected chi connectivity index (χ2v) is 10.1. The van der Waals surface area contributed by atoms with E-state index in [2.05, 4.69) is 9.97 Å². The number of hydrogen-bond donors (Lipinski definition) is 1. The molecule has 1 saturated heterocycles. The van der Waals surface area contributed by atoms with Crippen LogP contribution in [0.2, 0.25) is 0 Å². The van der Waals surface area contributed by atoms with Gasteiger partial charge in [0.2, 0.25) is 10.0 Å². The van der Waals surface area contributed by atoms with Gasteiger partial charge in [-0.1, -0.05) is 0 Å². The molecule has 10 heteroatoms. The number of rotatable bonds is 4. The number of aromatic amines is 1. The summed E-state index contributed by atoms with van der Waals surface area (Å²) in [6.07, 6.45) is 2.63. The number of halogens is 1. The summed E-state index contributed by atoms with van der Waals surface area (Å²) >= 11 is 0. The number of amides is 1. The number of nitrogens with zero attached hydrogens (tertiary/aromatic N) is 3. The summed E-state index contributed by atoms with van der Waals surface area (Å²) < 4.78 is 39.2. The van der Waals surface area contributed by atoms with Crippen molar-refractivity contribution in [3.63, 3.8) is 0 Å². The summed E-state index contributed by atoms with van der Waals surface area (Å²) in [6, 6.07) is 4.95. The summed E-state index contributed by atoms with van der Waals surface area (Å²) in [4.78, 5) is 34.9. The normalized spacial score (nSPS) is 19.8. The van der Waals surface area contributed by atoms with Crippen LogP contribution in [0.3, 0.4) is 0 Å². The first-order valence-electron chi connectivity index (χ1n) is 10.5. The largest absolute Gasteiger partial charge is 0.328 e. The summed E-state index contributed by atoms with van der Waals surface area (Å²) in [7, 11) is -3.39. The van der Waals surface area contributed by atoms with Crippen LogP contribution in [0.25, 0.3) is 0 Å². The number of fused-ring (bicyclic) bond motifs is 1. The zero-order valence-electron chi connectivity index (χ0n) is 17.3. The fraction of sp³-hybridized carbons (Fsp3) is 0.476. The van der Waals surface area contributed by atoms with E-state index < -0.39 is 21.9 Å². The van der Waals surface area contributed by atoms with Gasteiger partial charge in [-0.15, -0.1) is 0 Å². The van der Waals surface area contributed by atoms with Crippen molar-refractivity contribution in [3.05, 3.63) is 63.1 Å². The first kappa shape index (κ1) is 21.6. The third-order valence-electron chi connectivity index (χ3n) is 5.99. The minimum Gasteiger partial charge on any atom is -0.328 e. The van der Waals surface area contributed by atoms with Gasteiger partial charge in [-0.05, 0) is 56.9 Å². The minimum atomic E-state index is -3.39. The Morgan fingerprint density at radius 2 is 1.97 bits per heavy atom. The molecule has 0 saturated carbocycles. The molecule has 1 aromatic heterocycles. The molecule has 1 N–H and O–H groups in total. The van der Waals surface area contributed by atoms with E-state index in [4.69, 9.17) is 0 Å². The van der Waals surface area contributed by atoms with Crippen molar-refractivity contribution >= 4 is 15.9 Å². The lowest BCUT2D eigenvalue weighted by Gasteiger charge is -2.36. The third kappa shape index (κ3) is 4.27.